The first-order chi connectivity index (χ1) is 21.0. The van der Waals surface area contributed by atoms with Gasteiger partial charge < -0.3 is 23.9 Å². The molecule has 6 aromatic rings. The maximum Gasteiger partial charge on any atom is 0.316 e. The number of carbonyl (C=O) groups excluding carboxylic acids is 2. The van der Waals surface area contributed by atoms with Crippen LogP contribution < -0.4 is 5.32 Å². The van der Waals surface area contributed by atoms with Crippen LogP contribution in [0.1, 0.15) is 64.2 Å². The van der Waals surface area contributed by atoms with Gasteiger partial charge in [-0.25, -0.2) is 0 Å². The third-order valence-corrected chi connectivity index (χ3v) is 10.7. The summed E-state index contributed by atoms with van der Waals surface area (Å²) >= 11 is 2.34. The molecule has 4 atom stereocenters. The van der Waals surface area contributed by atoms with Gasteiger partial charge in [-0.2, -0.15) is 0 Å². The van der Waals surface area contributed by atoms with E-state index in [2.05, 4.69) is 73.4 Å². The molecule has 2 bridgehead atoms. The van der Waals surface area contributed by atoms with E-state index in [4.69, 9.17) is 9.47 Å². The largest absolute Gasteiger partial charge is 0.460 e. The van der Waals surface area contributed by atoms with Crippen molar-refractivity contribution >= 4 is 78.1 Å². The SMILES string of the molecule is CC1(C(=O)OCc2ccccc2)CCCC2OC1n1c3ccccc3c3c4c(c5c6ccccc6n2c5c31)C(I)NC4=O. The standard InChI is InChI=1S/C35H28IN3O4/c1-35(34(41)42-18-19-10-3-2-4-11-19)17-9-16-24-38-22-14-7-5-12-20(22)25-27-28(32(40)37-31(27)36)26-21-13-6-8-15-23(21)39(33(35)43-24)30(26)29(25)38/h2-8,10-15,24,31,33H,9,16-18H2,1H3,(H,37,40). The molecular weight excluding hydrogens is 653 g/mol. The van der Waals surface area contributed by atoms with Crippen molar-refractivity contribution in [3.63, 3.8) is 0 Å². The molecule has 0 aliphatic carbocycles. The second-order valence-electron chi connectivity index (χ2n) is 12.2. The van der Waals surface area contributed by atoms with E-state index in [0.717, 1.165) is 73.1 Å². The Morgan fingerprint density at radius 3 is 2.37 bits per heavy atom. The van der Waals surface area contributed by atoms with Crippen LogP contribution in [0.4, 0.5) is 0 Å². The van der Waals surface area contributed by atoms with E-state index in [1.807, 2.05) is 49.4 Å². The molecule has 43 heavy (non-hydrogen) atoms. The smallest absolute Gasteiger partial charge is 0.316 e. The number of esters is 1. The van der Waals surface area contributed by atoms with Crippen LogP contribution in [0, 0.1) is 5.41 Å². The van der Waals surface area contributed by atoms with Crippen molar-refractivity contribution in [3.05, 3.63) is 95.6 Å². The monoisotopic (exact) mass is 681 g/mol. The number of hydrogen-bond acceptors (Lipinski definition) is 4. The zero-order valence-corrected chi connectivity index (χ0v) is 25.6. The van der Waals surface area contributed by atoms with Crippen LogP contribution in [-0.4, -0.2) is 21.0 Å². The lowest BCUT2D eigenvalue weighted by atomic mass is 9.83. The summed E-state index contributed by atoms with van der Waals surface area (Å²) in [6.45, 7) is 2.20. The molecule has 7 nitrogen and oxygen atoms in total. The number of nitrogens with zero attached hydrogens (tertiary/aromatic N) is 2. The highest BCUT2D eigenvalue weighted by atomic mass is 127. The molecule has 1 N–H and O–H groups in total. The highest BCUT2D eigenvalue weighted by Gasteiger charge is 2.51. The summed E-state index contributed by atoms with van der Waals surface area (Å²) in [7, 11) is 0. The number of aromatic nitrogens is 2. The summed E-state index contributed by atoms with van der Waals surface area (Å²) in [6.07, 6.45) is 1.27. The molecule has 0 saturated carbocycles. The molecule has 1 saturated heterocycles. The van der Waals surface area contributed by atoms with Crippen molar-refractivity contribution in [1.29, 1.82) is 0 Å². The number of nitrogens with one attached hydrogen (secondary N) is 1. The van der Waals surface area contributed by atoms with Crippen LogP contribution in [-0.2, 0) is 20.9 Å². The van der Waals surface area contributed by atoms with E-state index in [-0.39, 0.29) is 28.8 Å². The number of hydrogen-bond donors (Lipinski definition) is 1. The molecule has 9 rings (SSSR count). The Bertz CT molecular complexity index is 2170. The van der Waals surface area contributed by atoms with Crippen LogP contribution in [0.5, 0.6) is 0 Å². The Labute approximate surface area is 260 Å². The van der Waals surface area contributed by atoms with Crippen molar-refractivity contribution in [1.82, 2.24) is 14.5 Å². The molecule has 0 radical (unpaired) electrons. The second-order valence-corrected chi connectivity index (χ2v) is 13.4. The number of para-hydroxylation sites is 2. The number of amides is 1. The zero-order valence-electron chi connectivity index (χ0n) is 23.5. The summed E-state index contributed by atoms with van der Waals surface area (Å²) in [5.74, 6) is -0.335. The van der Waals surface area contributed by atoms with E-state index >= 15 is 0 Å². The zero-order chi connectivity index (χ0) is 29.0. The number of alkyl halides is 1. The average molecular weight is 682 g/mol. The summed E-state index contributed by atoms with van der Waals surface area (Å²) in [5.41, 5.74) is 5.78. The van der Waals surface area contributed by atoms with E-state index < -0.39 is 11.6 Å². The van der Waals surface area contributed by atoms with Gasteiger partial charge in [0, 0.05) is 27.1 Å². The van der Waals surface area contributed by atoms with Crippen LogP contribution in [0.25, 0.3) is 43.6 Å². The van der Waals surface area contributed by atoms with Crippen LogP contribution in [0.3, 0.4) is 0 Å². The summed E-state index contributed by atoms with van der Waals surface area (Å²) in [5, 5.41) is 7.31. The minimum atomic E-state index is -0.961. The number of benzene rings is 4. The van der Waals surface area contributed by atoms with Gasteiger partial charge in [0.05, 0.1) is 27.6 Å². The third kappa shape index (κ3) is 3.33. The van der Waals surface area contributed by atoms with Gasteiger partial charge in [-0.3, -0.25) is 9.59 Å². The first kappa shape index (κ1) is 25.6. The fraction of sp³-hybridized carbons (Fsp3) is 0.257. The Balaban J connectivity index is 1.39. The van der Waals surface area contributed by atoms with E-state index in [1.54, 1.807) is 0 Å². The van der Waals surface area contributed by atoms with Gasteiger partial charge >= 0.3 is 5.97 Å². The minimum Gasteiger partial charge on any atom is -0.460 e. The van der Waals surface area contributed by atoms with Gasteiger partial charge in [0.25, 0.3) is 5.91 Å². The maximum atomic E-state index is 14.2. The lowest BCUT2D eigenvalue weighted by Crippen LogP contribution is -2.39. The predicted molar refractivity (Wildman–Crippen MR) is 174 cm³/mol. The van der Waals surface area contributed by atoms with E-state index in [0.29, 0.717) is 6.42 Å². The van der Waals surface area contributed by atoms with Crippen LogP contribution in [0.2, 0.25) is 0 Å². The molecule has 0 spiro atoms. The quantitative estimate of drug-likeness (QED) is 0.0889. The molecule has 2 aromatic heterocycles. The Morgan fingerprint density at radius 2 is 1.60 bits per heavy atom. The van der Waals surface area contributed by atoms with Crippen molar-refractivity contribution in [2.75, 3.05) is 0 Å². The van der Waals surface area contributed by atoms with E-state index in [9.17, 15) is 9.59 Å². The minimum absolute atomic E-state index is 0.0635. The number of fused-ring (bicyclic) bond motifs is 13. The van der Waals surface area contributed by atoms with Gasteiger partial charge in [0.2, 0.25) is 0 Å². The molecule has 1 amide bonds. The third-order valence-electron chi connectivity index (χ3n) is 9.75. The molecule has 4 aromatic carbocycles. The molecule has 4 unspecified atom stereocenters. The van der Waals surface area contributed by atoms with Crippen LogP contribution in [0.15, 0.2) is 78.9 Å². The second kappa shape index (κ2) is 9.06. The lowest BCUT2D eigenvalue weighted by Gasteiger charge is -2.35. The van der Waals surface area contributed by atoms with Gasteiger partial charge in [0.15, 0.2) is 6.23 Å². The summed E-state index contributed by atoms with van der Waals surface area (Å²) in [6, 6.07) is 26.4. The Kier molecular flexibility index (Phi) is 5.39. The fourth-order valence-electron chi connectivity index (χ4n) is 7.83. The normalized spacial score (nSPS) is 24.4. The highest BCUT2D eigenvalue weighted by Crippen LogP contribution is 2.56. The van der Waals surface area contributed by atoms with Crippen molar-refractivity contribution in [3.8, 4) is 0 Å². The molecule has 1 fully saturated rings. The predicted octanol–water partition coefficient (Wildman–Crippen LogP) is 8.04. The van der Waals surface area contributed by atoms with E-state index in [1.165, 1.54) is 0 Å². The lowest BCUT2D eigenvalue weighted by molar-refractivity contribution is -0.180. The molecule has 214 valence electrons. The summed E-state index contributed by atoms with van der Waals surface area (Å²) < 4.78 is 17.6. The van der Waals surface area contributed by atoms with Crippen molar-refractivity contribution in [2.45, 2.75) is 49.3 Å². The first-order valence-electron chi connectivity index (χ1n) is 14.8. The van der Waals surface area contributed by atoms with Crippen LogP contribution >= 0.6 is 22.6 Å². The molecule has 8 heteroatoms. The van der Waals surface area contributed by atoms with Gasteiger partial charge in [-0.1, -0.05) is 89.3 Å². The Hall–Kier alpha value is -3.89. The number of halogens is 1. The summed E-state index contributed by atoms with van der Waals surface area (Å²) in [4.78, 5) is 27.9. The highest BCUT2D eigenvalue weighted by molar-refractivity contribution is 14.1. The molecular formula is C35H28IN3O4. The van der Waals surface area contributed by atoms with Crippen molar-refractivity contribution in [2.24, 2.45) is 5.41 Å². The van der Waals surface area contributed by atoms with Gasteiger partial charge in [-0.05, 0) is 43.9 Å². The number of carbonyl (C=O) groups is 2. The molecule has 3 aliphatic rings. The molecule has 5 heterocycles. The van der Waals surface area contributed by atoms with Gasteiger partial charge in [-0.15, -0.1) is 0 Å². The number of rotatable bonds is 3. The van der Waals surface area contributed by atoms with Crippen molar-refractivity contribution < 1.29 is 19.1 Å². The average Bonchev–Trinajstić information content (AvgIpc) is 3.55. The maximum absolute atomic E-state index is 14.2. The van der Waals surface area contributed by atoms with Gasteiger partial charge in [0.1, 0.15) is 22.3 Å². The number of ether oxygens (including phenoxy) is 2. The molecule has 3 aliphatic heterocycles. The topological polar surface area (TPSA) is 74.5 Å². The Morgan fingerprint density at radius 1 is 0.953 bits per heavy atom. The fourth-order valence-corrected chi connectivity index (χ4v) is 8.74. The first-order valence-corrected chi connectivity index (χ1v) is 16.0.